The summed E-state index contributed by atoms with van der Waals surface area (Å²) in [6.45, 7) is 16.4. The van der Waals surface area contributed by atoms with Crippen LogP contribution in [-0.2, 0) is 4.84 Å². The predicted octanol–water partition coefficient (Wildman–Crippen LogP) is 2.80. The Bertz CT molecular complexity index is 708. The van der Waals surface area contributed by atoms with Crippen molar-refractivity contribution in [2.45, 2.75) is 27.7 Å². The van der Waals surface area contributed by atoms with Crippen molar-refractivity contribution in [2.75, 3.05) is 17.2 Å². The average molecular weight is 374 g/mol. The van der Waals surface area contributed by atoms with Gasteiger partial charge in [-0.15, -0.1) is 0 Å². The molecule has 27 heavy (non-hydrogen) atoms. The number of rotatable bonds is 11. The fourth-order valence-electron chi connectivity index (χ4n) is 1.94. The van der Waals surface area contributed by atoms with Crippen LogP contribution in [0.4, 0.5) is 11.8 Å². The number of nitrogens with zero attached hydrogens (tertiary/aromatic N) is 2. The van der Waals surface area contributed by atoms with Crippen molar-refractivity contribution in [2.24, 2.45) is 23.6 Å². The van der Waals surface area contributed by atoms with Gasteiger partial charge in [0.1, 0.15) is 11.6 Å². The van der Waals surface area contributed by atoms with E-state index in [9.17, 15) is 0 Å². The molecule has 1 aromatic rings. The fraction of sp³-hybridized carbons (Fsp3) is 0.368. The van der Waals surface area contributed by atoms with E-state index in [1.807, 2.05) is 33.8 Å². The van der Waals surface area contributed by atoms with Crippen molar-refractivity contribution in [3.8, 4) is 0 Å². The first-order valence-electron chi connectivity index (χ1n) is 8.74. The summed E-state index contributed by atoms with van der Waals surface area (Å²) in [4.78, 5) is 13.5. The molecule has 0 unspecified atom stereocenters. The van der Waals surface area contributed by atoms with Gasteiger partial charge in [0.15, 0.2) is 0 Å². The molecule has 0 aliphatic rings. The maximum absolute atomic E-state index is 5.52. The topological polar surface area (TPSA) is 123 Å². The van der Waals surface area contributed by atoms with Crippen molar-refractivity contribution >= 4 is 11.8 Å². The van der Waals surface area contributed by atoms with E-state index in [2.05, 4.69) is 39.2 Å². The second kappa shape index (κ2) is 11.0. The highest BCUT2D eigenvalue weighted by Crippen LogP contribution is 2.14. The molecular formula is C19H31N7O. The van der Waals surface area contributed by atoms with Gasteiger partial charge in [-0.25, -0.2) is 4.98 Å². The molecule has 0 atom stereocenters. The van der Waals surface area contributed by atoms with Crippen LogP contribution in [0.15, 0.2) is 60.3 Å². The predicted molar refractivity (Wildman–Crippen MR) is 111 cm³/mol. The molecule has 1 rings (SSSR count). The summed E-state index contributed by atoms with van der Waals surface area (Å²) in [5.74, 6) is 13.0. The molecule has 0 amide bonds. The first-order valence-corrected chi connectivity index (χ1v) is 8.74. The third-order valence-corrected chi connectivity index (χ3v) is 3.72. The number of hydrazine groups is 1. The third kappa shape index (κ3) is 7.93. The minimum atomic E-state index is 0.248. The monoisotopic (exact) mass is 373 g/mol. The molecule has 1 aromatic heterocycles. The van der Waals surface area contributed by atoms with Crippen molar-refractivity contribution < 1.29 is 4.84 Å². The second-order valence-electron chi connectivity index (χ2n) is 6.63. The molecule has 0 spiro atoms. The SMILES string of the molecule is C=C(/C=C(\NN)C(C)C)Nc1ccnc(NC/C(=C/C(=C)C(C)C)ON)n1. The first-order chi connectivity index (χ1) is 12.8. The first kappa shape index (κ1) is 22.2. The van der Waals surface area contributed by atoms with Gasteiger partial charge in [-0.2, -0.15) is 10.9 Å². The minimum absolute atomic E-state index is 0.248. The molecular weight excluding hydrogens is 342 g/mol. The van der Waals surface area contributed by atoms with Gasteiger partial charge in [0.25, 0.3) is 0 Å². The molecule has 0 saturated carbocycles. The van der Waals surface area contributed by atoms with E-state index < -0.39 is 0 Å². The maximum atomic E-state index is 5.52. The quantitative estimate of drug-likeness (QED) is 0.174. The average Bonchev–Trinajstić information content (AvgIpc) is 2.62. The Kier molecular flexibility index (Phi) is 9.04. The van der Waals surface area contributed by atoms with E-state index in [1.54, 1.807) is 18.3 Å². The standard InChI is InChI=1S/C19H31N7O/c1-12(2)14(5)9-16(27-21)11-23-19-22-8-7-18(25-19)24-15(6)10-17(26-20)13(3)4/h7-10,12-13,26H,5-6,11,20-21H2,1-4H3,(H2,22,23,24,25)/b16-9-,17-10-. The lowest BCUT2D eigenvalue weighted by molar-refractivity contribution is 0.219. The molecule has 0 fully saturated rings. The molecule has 8 nitrogen and oxygen atoms in total. The Balaban J connectivity index is 2.76. The molecule has 1 heterocycles. The minimum Gasteiger partial charge on any atom is -0.414 e. The van der Waals surface area contributed by atoms with Crippen molar-refractivity contribution in [3.63, 3.8) is 0 Å². The van der Waals surface area contributed by atoms with E-state index in [4.69, 9.17) is 16.6 Å². The Labute approximate surface area is 161 Å². The van der Waals surface area contributed by atoms with Crippen molar-refractivity contribution in [3.05, 3.63) is 60.3 Å². The molecule has 7 N–H and O–H groups in total. The van der Waals surface area contributed by atoms with Crippen LogP contribution in [0, 0.1) is 11.8 Å². The molecule has 0 saturated heterocycles. The van der Waals surface area contributed by atoms with Crippen molar-refractivity contribution in [1.82, 2.24) is 15.4 Å². The van der Waals surface area contributed by atoms with Gasteiger partial charge in [0.2, 0.25) is 5.95 Å². The number of nitrogens with one attached hydrogen (secondary N) is 3. The van der Waals surface area contributed by atoms with Gasteiger partial charge < -0.3 is 20.9 Å². The maximum Gasteiger partial charge on any atom is 0.224 e. The van der Waals surface area contributed by atoms with Crippen LogP contribution >= 0.6 is 0 Å². The van der Waals surface area contributed by atoms with Gasteiger partial charge in [-0.3, -0.25) is 5.84 Å². The molecule has 0 aliphatic heterocycles. The summed E-state index contributed by atoms with van der Waals surface area (Å²) in [7, 11) is 0. The lowest BCUT2D eigenvalue weighted by Crippen LogP contribution is -2.24. The summed E-state index contributed by atoms with van der Waals surface area (Å²) in [6.07, 6.45) is 5.28. The molecule has 0 bridgehead atoms. The molecule has 0 aliphatic carbocycles. The smallest absolute Gasteiger partial charge is 0.224 e. The zero-order chi connectivity index (χ0) is 20.4. The highest BCUT2D eigenvalue weighted by Gasteiger charge is 2.06. The molecule has 8 heteroatoms. The highest BCUT2D eigenvalue weighted by atomic mass is 16.6. The van der Waals surface area contributed by atoms with Gasteiger partial charge in [0.05, 0.1) is 6.54 Å². The summed E-state index contributed by atoms with van der Waals surface area (Å²) in [5.41, 5.74) is 5.10. The molecule has 0 aromatic carbocycles. The van der Waals surface area contributed by atoms with Crippen molar-refractivity contribution in [1.29, 1.82) is 0 Å². The fourth-order valence-corrected chi connectivity index (χ4v) is 1.94. The van der Waals surface area contributed by atoms with E-state index in [1.165, 1.54) is 0 Å². The summed E-state index contributed by atoms with van der Waals surface area (Å²) >= 11 is 0. The second-order valence-corrected chi connectivity index (χ2v) is 6.63. The van der Waals surface area contributed by atoms with Crippen LogP contribution in [0.1, 0.15) is 27.7 Å². The molecule has 148 valence electrons. The van der Waals surface area contributed by atoms with E-state index >= 15 is 0 Å². The van der Waals surface area contributed by atoms with Crippen LogP contribution in [0.25, 0.3) is 0 Å². The van der Waals surface area contributed by atoms with E-state index in [-0.39, 0.29) is 5.92 Å². The number of allylic oxidation sites excluding steroid dienone is 4. The largest absolute Gasteiger partial charge is 0.414 e. The van der Waals surface area contributed by atoms with Crippen LogP contribution in [0.3, 0.4) is 0 Å². The Morgan fingerprint density at radius 3 is 2.48 bits per heavy atom. The lowest BCUT2D eigenvalue weighted by Gasteiger charge is -2.13. The number of hydrogen-bond acceptors (Lipinski definition) is 8. The van der Waals surface area contributed by atoms with Gasteiger partial charge in [-0.05, 0) is 35.6 Å². The number of aromatic nitrogens is 2. The van der Waals surface area contributed by atoms with Crippen LogP contribution in [-0.4, -0.2) is 16.5 Å². The Hall–Kier alpha value is -2.84. The van der Waals surface area contributed by atoms with Gasteiger partial charge in [0, 0.05) is 17.6 Å². The highest BCUT2D eigenvalue weighted by molar-refractivity contribution is 5.47. The third-order valence-electron chi connectivity index (χ3n) is 3.72. The summed E-state index contributed by atoms with van der Waals surface area (Å²) in [5, 5.41) is 6.18. The zero-order valence-electron chi connectivity index (χ0n) is 16.5. The summed E-state index contributed by atoms with van der Waals surface area (Å²) in [6, 6.07) is 1.74. The van der Waals surface area contributed by atoms with E-state index in [0.717, 1.165) is 11.3 Å². The van der Waals surface area contributed by atoms with E-state index in [0.29, 0.717) is 35.7 Å². The summed E-state index contributed by atoms with van der Waals surface area (Å²) < 4.78 is 0. The van der Waals surface area contributed by atoms with Gasteiger partial charge >= 0.3 is 0 Å². The van der Waals surface area contributed by atoms with Gasteiger partial charge in [-0.1, -0.05) is 40.9 Å². The number of hydrogen-bond donors (Lipinski definition) is 5. The number of anilines is 2. The normalized spacial score (nSPS) is 12.1. The van der Waals surface area contributed by atoms with Crippen LogP contribution < -0.4 is 27.8 Å². The molecule has 0 radical (unpaired) electrons. The van der Waals surface area contributed by atoms with Crippen LogP contribution in [0.2, 0.25) is 0 Å². The zero-order valence-corrected chi connectivity index (χ0v) is 16.5. The Morgan fingerprint density at radius 2 is 1.93 bits per heavy atom. The lowest BCUT2D eigenvalue weighted by atomic mass is 10.0. The van der Waals surface area contributed by atoms with Crippen LogP contribution in [0.5, 0.6) is 0 Å². The number of nitrogens with two attached hydrogens (primary N) is 2. The Morgan fingerprint density at radius 1 is 1.22 bits per heavy atom.